The van der Waals surface area contributed by atoms with Crippen LogP contribution in [0.15, 0.2) is 24.3 Å². The Labute approximate surface area is 70.4 Å². The van der Waals surface area contributed by atoms with Crippen LogP contribution in [0.5, 0.6) is 0 Å². The second-order valence-corrected chi connectivity index (χ2v) is 2.81. The maximum atomic E-state index is 11.0. The number of rotatable bonds is 3. The van der Waals surface area contributed by atoms with Gasteiger partial charge in [-0.05, 0) is 0 Å². The number of Topliss-reactive ketones (excluding diaryl/α,β-unsaturated/α-hetero) is 1. The quantitative estimate of drug-likeness (QED) is 0.637. The summed E-state index contributed by atoms with van der Waals surface area (Å²) in [5.74, 6) is -2.58. The maximum absolute atomic E-state index is 11.0. The molecule has 0 radical (unpaired) electrons. The Bertz CT molecular complexity index is 251. The number of carbonyl (C=O) groups is 2. The number of carbonyl (C=O) groups excluding carboxylic acids is 1. The molecule has 0 aromatic rings. The average Bonchev–Trinajstić information content (AvgIpc) is 2.53. The minimum Gasteiger partial charge on any atom is -0.475 e. The van der Waals surface area contributed by atoms with Crippen LogP contribution < -0.4 is 0 Å². The van der Waals surface area contributed by atoms with Crippen LogP contribution in [0, 0.1) is 11.8 Å². The molecule has 1 atom stereocenters. The fourth-order valence-corrected chi connectivity index (χ4v) is 1.15. The van der Waals surface area contributed by atoms with Gasteiger partial charge in [0, 0.05) is 11.8 Å². The van der Waals surface area contributed by atoms with Gasteiger partial charge < -0.3 is 5.11 Å². The van der Waals surface area contributed by atoms with E-state index in [1.165, 1.54) is 0 Å². The molecular weight excluding hydrogens is 156 g/mol. The molecule has 0 amide bonds. The fraction of sp³-hybridized carbons (Fsp3) is 0.333. The molecule has 0 saturated heterocycles. The molecule has 0 aromatic heterocycles. The van der Waals surface area contributed by atoms with E-state index in [0.717, 1.165) is 0 Å². The van der Waals surface area contributed by atoms with E-state index in [0.29, 0.717) is 0 Å². The summed E-state index contributed by atoms with van der Waals surface area (Å²) in [7, 11) is 0. The molecule has 12 heavy (non-hydrogen) atoms. The highest BCUT2D eigenvalue weighted by Gasteiger charge is 2.26. The molecule has 0 spiro atoms. The number of carboxylic acid groups (broad SMARTS) is 1. The molecule has 64 valence electrons. The van der Waals surface area contributed by atoms with Gasteiger partial charge in [-0.25, -0.2) is 4.79 Å². The predicted octanol–water partition coefficient (Wildman–Crippen LogP) is 1.02. The molecule has 0 bridgehead atoms. The normalized spacial score (nSPS) is 18.1. The van der Waals surface area contributed by atoms with Gasteiger partial charge in [0.1, 0.15) is 0 Å². The summed E-state index contributed by atoms with van der Waals surface area (Å²) in [6.45, 7) is 1.63. The van der Waals surface area contributed by atoms with Crippen LogP contribution in [0.3, 0.4) is 0 Å². The fourth-order valence-electron chi connectivity index (χ4n) is 1.15. The van der Waals surface area contributed by atoms with Crippen LogP contribution in [0.2, 0.25) is 0 Å². The Hall–Kier alpha value is -1.38. The maximum Gasteiger partial charge on any atom is 0.372 e. The Morgan fingerprint density at radius 3 is 2.25 bits per heavy atom. The van der Waals surface area contributed by atoms with Crippen LogP contribution >= 0.6 is 0 Å². The largest absolute Gasteiger partial charge is 0.475 e. The average molecular weight is 166 g/mol. The summed E-state index contributed by atoms with van der Waals surface area (Å²) in [6.07, 6.45) is 7.28. The zero-order valence-corrected chi connectivity index (χ0v) is 6.73. The van der Waals surface area contributed by atoms with Crippen molar-refractivity contribution in [2.24, 2.45) is 11.8 Å². The summed E-state index contributed by atoms with van der Waals surface area (Å²) in [5.41, 5.74) is 0. The van der Waals surface area contributed by atoms with Gasteiger partial charge in [0.15, 0.2) is 0 Å². The van der Waals surface area contributed by atoms with Crippen LogP contribution in [-0.2, 0) is 9.59 Å². The lowest BCUT2D eigenvalue weighted by atomic mass is 9.92. The molecular formula is C9H10O3. The third kappa shape index (κ3) is 1.61. The Balaban J connectivity index is 2.64. The van der Waals surface area contributed by atoms with Crippen LogP contribution in [-0.4, -0.2) is 16.9 Å². The predicted molar refractivity (Wildman–Crippen MR) is 43.6 cm³/mol. The summed E-state index contributed by atoms with van der Waals surface area (Å²) >= 11 is 0. The lowest BCUT2D eigenvalue weighted by molar-refractivity contribution is -0.151. The van der Waals surface area contributed by atoms with Crippen molar-refractivity contribution in [3.05, 3.63) is 24.3 Å². The van der Waals surface area contributed by atoms with Gasteiger partial charge in [-0.15, -0.1) is 0 Å². The Morgan fingerprint density at radius 2 is 1.83 bits per heavy atom. The third-order valence-electron chi connectivity index (χ3n) is 1.98. The monoisotopic (exact) mass is 166 g/mol. The molecule has 0 aliphatic heterocycles. The summed E-state index contributed by atoms with van der Waals surface area (Å²) < 4.78 is 0. The van der Waals surface area contributed by atoms with Crippen molar-refractivity contribution in [3.8, 4) is 0 Å². The first-order valence-corrected chi connectivity index (χ1v) is 3.75. The summed E-state index contributed by atoms with van der Waals surface area (Å²) in [5, 5.41) is 8.42. The van der Waals surface area contributed by atoms with E-state index in [2.05, 4.69) is 0 Å². The third-order valence-corrected chi connectivity index (χ3v) is 1.98. The van der Waals surface area contributed by atoms with Crippen molar-refractivity contribution in [1.29, 1.82) is 0 Å². The summed E-state index contributed by atoms with van der Waals surface area (Å²) in [6, 6.07) is 0. The molecule has 1 N–H and O–H groups in total. The number of ketones is 1. The minimum absolute atomic E-state index is 0.0476. The van der Waals surface area contributed by atoms with Crippen molar-refractivity contribution in [2.75, 3.05) is 0 Å². The van der Waals surface area contributed by atoms with E-state index in [1.807, 2.05) is 24.3 Å². The standard InChI is InChI=1S/C9H10O3/c1-6(8(10)9(11)12)7-4-2-3-5-7/h2-7H,1H3,(H,11,12). The molecule has 0 aromatic carbocycles. The molecule has 1 unspecified atom stereocenters. The van der Waals surface area contributed by atoms with Crippen molar-refractivity contribution in [2.45, 2.75) is 6.92 Å². The van der Waals surface area contributed by atoms with Gasteiger partial charge in [0.2, 0.25) is 5.78 Å². The Morgan fingerprint density at radius 1 is 1.33 bits per heavy atom. The van der Waals surface area contributed by atoms with E-state index in [9.17, 15) is 9.59 Å². The lowest BCUT2D eigenvalue weighted by Crippen LogP contribution is -2.25. The number of aliphatic carboxylic acids is 1. The molecule has 3 nitrogen and oxygen atoms in total. The van der Waals surface area contributed by atoms with Gasteiger partial charge >= 0.3 is 5.97 Å². The zero-order chi connectivity index (χ0) is 9.14. The van der Waals surface area contributed by atoms with Crippen LogP contribution in [0.1, 0.15) is 6.92 Å². The van der Waals surface area contributed by atoms with E-state index in [4.69, 9.17) is 5.11 Å². The van der Waals surface area contributed by atoms with E-state index in [1.54, 1.807) is 6.92 Å². The van der Waals surface area contributed by atoms with Gasteiger partial charge in [0.05, 0.1) is 0 Å². The topological polar surface area (TPSA) is 54.4 Å². The van der Waals surface area contributed by atoms with Crippen molar-refractivity contribution in [3.63, 3.8) is 0 Å². The highest BCUT2D eigenvalue weighted by atomic mass is 16.4. The molecule has 0 saturated carbocycles. The van der Waals surface area contributed by atoms with Gasteiger partial charge in [-0.1, -0.05) is 31.2 Å². The van der Waals surface area contributed by atoms with Gasteiger partial charge in [-0.2, -0.15) is 0 Å². The lowest BCUT2D eigenvalue weighted by Gasteiger charge is -2.10. The van der Waals surface area contributed by atoms with Crippen molar-refractivity contribution >= 4 is 11.8 Å². The first-order chi connectivity index (χ1) is 5.63. The van der Waals surface area contributed by atoms with Gasteiger partial charge in [-0.3, -0.25) is 4.79 Å². The molecule has 1 rings (SSSR count). The number of hydrogen-bond donors (Lipinski definition) is 1. The molecule has 0 heterocycles. The molecule has 3 heteroatoms. The smallest absolute Gasteiger partial charge is 0.372 e. The highest BCUT2D eigenvalue weighted by Crippen LogP contribution is 2.19. The van der Waals surface area contributed by atoms with E-state index in [-0.39, 0.29) is 5.92 Å². The first kappa shape index (κ1) is 8.71. The summed E-state index contributed by atoms with van der Waals surface area (Å²) in [4.78, 5) is 21.3. The SMILES string of the molecule is CC(C(=O)C(=O)O)C1C=CC=C1. The highest BCUT2D eigenvalue weighted by molar-refractivity contribution is 6.33. The second-order valence-electron chi connectivity index (χ2n) is 2.81. The minimum atomic E-state index is -1.35. The number of carboxylic acids is 1. The van der Waals surface area contributed by atoms with Crippen LogP contribution in [0.4, 0.5) is 0 Å². The first-order valence-electron chi connectivity index (χ1n) is 3.75. The molecule has 1 aliphatic rings. The van der Waals surface area contributed by atoms with Crippen LogP contribution in [0.25, 0.3) is 0 Å². The molecule has 1 aliphatic carbocycles. The van der Waals surface area contributed by atoms with Crippen molar-refractivity contribution in [1.82, 2.24) is 0 Å². The zero-order valence-electron chi connectivity index (χ0n) is 6.73. The number of allylic oxidation sites excluding steroid dienone is 4. The van der Waals surface area contributed by atoms with E-state index >= 15 is 0 Å². The Kier molecular flexibility index (Phi) is 2.43. The molecule has 0 fully saturated rings. The van der Waals surface area contributed by atoms with E-state index < -0.39 is 17.7 Å². The second kappa shape index (κ2) is 3.34. The van der Waals surface area contributed by atoms with Gasteiger partial charge in [0.25, 0.3) is 0 Å². The van der Waals surface area contributed by atoms with Crippen molar-refractivity contribution < 1.29 is 14.7 Å². The number of hydrogen-bond acceptors (Lipinski definition) is 2.